The molecule has 0 fully saturated rings. The minimum atomic E-state index is -0.355. The van der Waals surface area contributed by atoms with E-state index in [-0.39, 0.29) is 5.91 Å². The van der Waals surface area contributed by atoms with E-state index in [0.717, 1.165) is 18.5 Å². The maximum atomic E-state index is 11.8. The van der Waals surface area contributed by atoms with Gasteiger partial charge >= 0.3 is 0 Å². The van der Waals surface area contributed by atoms with Crippen molar-refractivity contribution in [2.24, 2.45) is 5.10 Å². The first-order valence-electron chi connectivity index (χ1n) is 5.89. The van der Waals surface area contributed by atoms with Crippen molar-refractivity contribution < 1.29 is 9.53 Å². The van der Waals surface area contributed by atoms with Gasteiger partial charge in [0.2, 0.25) is 0 Å². The SMILES string of the molecule is COc1c(I)cc(I)cc1C=NNC(=O)c1ccccn1. The normalized spacial score (nSPS) is 10.6. The first-order valence-corrected chi connectivity index (χ1v) is 8.05. The van der Waals surface area contributed by atoms with Crippen molar-refractivity contribution in [3.63, 3.8) is 0 Å². The Morgan fingerprint density at radius 3 is 2.86 bits per heavy atom. The summed E-state index contributed by atoms with van der Waals surface area (Å²) in [7, 11) is 1.61. The van der Waals surface area contributed by atoms with E-state index in [4.69, 9.17) is 4.74 Å². The summed E-state index contributed by atoms with van der Waals surface area (Å²) in [4.78, 5) is 15.8. The van der Waals surface area contributed by atoms with Crippen LogP contribution >= 0.6 is 45.2 Å². The lowest BCUT2D eigenvalue weighted by Gasteiger charge is -2.07. The quantitative estimate of drug-likeness (QED) is 0.394. The molecule has 1 aromatic carbocycles. The van der Waals surface area contributed by atoms with Crippen LogP contribution in [0, 0.1) is 7.14 Å². The Kier molecular flexibility index (Phi) is 5.91. The highest BCUT2D eigenvalue weighted by atomic mass is 127. The van der Waals surface area contributed by atoms with Crippen LogP contribution < -0.4 is 10.2 Å². The standard InChI is InChI=1S/C14H11I2N3O2/c1-21-13-9(6-10(15)7-11(13)16)8-18-19-14(20)12-4-2-3-5-17-12/h2-8H,1H3,(H,19,20). The van der Waals surface area contributed by atoms with Gasteiger partial charge in [-0.2, -0.15) is 5.10 Å². The van der Waals surface area contributed by atoms with Gasteiger partial charge in [-0.3, -0.25) is 9.78 Å². The van der Waals surface area contributed by atoms with Crippen molar-refractivity contribution in [1.29, 1.82) is 0 Å². The molecule has 108 valence electrons. The monoisotopic (exact) mass is 507 g/mol. The minimum absolute atomic E-state index is 0.318. The fourth-order valence-corrected chi connectivity index (χ4v) is 3.72. The smallest absolute Gasteiger partial charge is 0.289 e. The second kappa shape index (κ2) is 7.69. The maximum Gasteiger partial charge on any atom is 0.289 e. The third-order valence-electron chi connectivity index (χ3n) is 2.51. The number of hydrogen-bond acceptors (Lipinski definition) is 4. The molecule has 2 rings (SSSR count). The van der Waals surface area contributed by atoms with Gasteiger partial charge in [0, 0.05) is 15.3 Å². The molecule has 1 N–H and O–H groups in total. The molecule has 0 atom stereocenters. The summed E-state index contributed by atoms with van der Waals surface area (Å²) in [5.41, 5.74) is 3.56. The molecule has 0 saturated carbocycles. The van der Waals surface area contributed by atoms with Crippen LogP contribution in [0.25, 0.3) is 0 Å². The highest BCUT2D eigenvalue weighted by molar-refractivity contribution is 14.1. The molecule has 0 spiro atoms. The molecule has 0 aliphatic carbocycles. The van der Waals surface area contributed by atoms with E-state index in [1.807, 2.05) is 12.1 Å². The van der Waals surface area contributed by atoms with Gasteiger partial charge in [0.15, 0.2) is 0 Å². The average Bonchev–Trinajstić information content (AvgIpc) is 2.47. The van der Waals surface area contributed by atoms with Crippen molar-refractivity contribution in [3.8, 4) is 5.75 Å². The van der Waals surface area contributed by atoms with Crippen molar-refractivity contribution in [2.45, 2.75) is 0 Å². The number of amides is 1. The zero-order valence-corrected chi connectivity index (χ0v) is 15.3. The second-order valence-electron chi connectivity index (χ2n) is 3.92. The molecule has 1 amide bonds. The molecular weight excluding hydrogens is 496 g/mol. The highest BCUT2D eigenvalue weighted by Gasteiger charge is 2.08. The molecule has 7 heteroatoms. The Balaban J connectivity index is 2.13. The van der Waals surface area contributed by atoms with Crippen LogP contribution in [-0.2, 0) is 0 Å². The minimum Gasteiger partial charge on any atom is -0.495 e. The zero-order valence-electron chi connectivity index (χ0n) is 11.0. The van der Waals surface area contributed by atoms with E-state index in [1.165, 1.54) is 0 Å². The van der Waals surface area contributed by atoms with Gasteiger partial charge in [-0.15, -0.1) is 0 Å². The van der Waals surface area contributed by atoms with Crippen molar-refractivity contribution in [2.75, 3.05) is 7.11 Å². The number of methoxy groups -OCH3 is 1. The molecule has 0 aliphatic rings. The van der Waals surface area contributed by atoms with E-state index in [9.17, 15) is 4.79 Å². The third-order valence-corrected chi connectivity index (χ3v) is 3.93. The predicted molar refractivity (Wildman–Crippen MR) is 97.7 cm³/mol. The number of hydrogen-bond donors (Lipinski definition) is 1. The van der Waals surface area contributed by atoms with Gasteiger partial charge in [0.1, 0.15) is 11.4 Å². The number of carbonyl (C=O) groups is 1. The van der Waals surface area contributed by atoms with Crippen LogP contribution in [0.1, 0.15) is 16.1 Å². The molecule has 0 unspecified atom stereocenters. The molecule has 0 radical (unpaired) electrons. The topological polar surface area (TPSA) is 63.6 Å². The van der Waals surface area contributed by atoms with Gasteiger partial charge in [0.25, 0.3) is 5.91 Å². The molecular formula is C14H11I2N3O2. The molecule has 5 nitrogen and oxygen atoms in total. The van der Waals surface area contributed by atoms with Crippen molar-refractivity contribution in [3.05, 3.63) is 54.9 Å². The van der Waals surface area contributed by atoms with Gasteiger partial charge in [0.05, 0.1) is 16.9 Å². The number of hydrazone groups is 1. The fourth-order valence-electron chi connectivity index (χ4n) is 1.61. The lowest BCUT2D eigenvalue weighted by atomic mass is 10.2. The molecule has 0 bridgehead atoms. The zero-order chi connectivity index (χ0) is 15.2. The van der Waals surface area contributed by atoms with Crippen LogP contribution in [0.4, 0.5) is 0 Å². The van der Waals surface area contributed by atoms with E-state index in [2.05, 4.69) is 60.7 Å². The predicted octanol–water partition coefficient (Wildman–Crippen LogP) is 3.06. The molecule has 0 saturated heterocycles. The number of halogens is 2. The Labute approximate surface area is 149 Å². The third kappa shape index (κ3) is 4.37. The Morgan fingerprint density at radius 2 is 2.19 bits per heavy atom. The lowest BCUT2D eigenvalue weighted by molar-refractivity contribution is 0.0950. The fraction of sp³-hybridized carbons (Fsp3) is 0.0714. The van der Waals surface area contributed by atoms with Gasteiger partial charge in [-0.1, -0.05) is 6.07 Å². The van der Waals surface area contributed by atoms with Gasteiger partial charge in [-0.25, -0.2) is 5.43 Å². The number of aromatic nitrogens is 1. The van der Waals surface area contributed by atoms with Crippen LogP contribution in [0.3, 0.4) is 0 Å². The second-order valence-corrected chi connectivity index (χ2v) is 6.33. The molecule has 21 heavy (non-hydrogen) atoms. The molecule has 2 aromatic rings. The first-order chi connectivity index (χ1) is 10.1. The summed E-state index contributed by atoms with van der Waals surface area (Å²) < 4.78 is 7.40. The lowest BCUT2D eigenvalue weighted by Crippen LogP contribution is -2.18. The van der Waals surface area contributed by atoms with Crippen LogP contribution in [0.2, 0.25) is 0 Å². The molecule has 1 aromatic heterocycles. The highest BCUT2D eigenvalue weighted by Crippen LogP contribution is 2.26. The molecule has 1 heterocycles. The number of nitrogens with zero attached hydrogens (tertiary/aromatic N) is 2. The number of ether oxygens (including phenoxy) is 1. The first kappa shape index (κ1) is 16.1. The molecule has 0 aliphatic heterocycles. The number of pyridine rings is 1. The van der Waals surface area contributed by atoms with Crippen LogP contribution in [-0.4, -0.2) is 24.2 Å². The van der Waals surface area contributed by atoms with Gasteiger partial charge in [-0.05, 0) is 69.4 Å². The largest absolute Gasteiger partial charge is 0.495 e. The van der Waals surface area contributed by atoms with Crippen LogP contribution in [0.5, 0.6) is 5.75 Å². The van der Waals surface area contributed by atoms with Crippen molar-refractivity contribution in [1.82, 2.24) is 10.4 Å². The van der Waals surface area contributed by atoms with Crippen LogP contribution in [0.15, 0.2) is 41.6 Å². The van der Waals surface area contributed by atoms with Crippen molar-refractivity contribution >= 4 is 57.3 Å². The van der Waals surface area contributed by atoms with E-state index >= 15 is 0 Å². The summed E-state index contributed by atoms with van der Waals surface area (Å²) >= 11 is 4.42. The Hall–Kier alpha value is -1.23. The number of rotatable bonds is 4. The summed E-state index contributed by atoms with van der Waals surface area (Å²) in [5.74, 6) is 0.373. The van der Waals surface area contributed by atoms with E-state index < -0.39 is 0 Å². The summed E-state index contributed by atoms with van der Waals surface area (Å²) in [6, 6.07) is 9.05. The van der Waals surface area contributed by atoms with E-state index in [1.54, 1.807) is 37.7 Å². The number of carbonyl (C=O) groups excluding carboxylic acids is 1. The average molecular weight is 507 g/mol. The summed E-state index contributed by atoms with van der Waals surface area (Å²) in [5, 5.41) is 3.96. The maximum absolute atomic E-state index is 11.8. The summed E-state index contributed by atoms with van der Waals surface area (Å²) in [6.45, 7) is 0. The number of benzene rings is 1. The van der Waals surface area contributed by atoms with Gasteiger partial charge < -0.3 is 4.74 Å². The number of nitrogens with one attached hydrogen (secondary N) is 1. The van der Waals surface area contributed by atoms with E-state index in [0.29, 0.717) is 5.69 Å². The summed E-state index contributed by atoms with van der Waals surface area (Å²) in [6.07, 6.45) is 3.12. The Bertz CT molecular complexity index is 675. The Morgan fingerprint density at radius 1 is 1.38 bits per heavy atom.